The van der Waals surface area contributed by atoms with Crippen molar-refractivity contribution in [2.75, 3.05) is 25.7 Å². The number of hydrogen-bond acceptors (Lipinski definition) is 3. The summed E-state index contributed by atoms with van der Waals surface area (Å²) in [5, 5.41) is 0.894. The molecule has 1 unspecified atom stereocenters. The molecule has 1 rings (SSSR count). The van der Waals surface area contributed by atoms with Gasteiger partial charge < -0.3 is 9.47 Å². The number of hydrogen-bond donors (Lipinski definition) is 0. The molecule has 0 aliphatic carbocycles. The minimum absolute atomic E-state index is 0.270. The Bertz CT molecular complexity index is 425. The van der Waals surface area contributed by atoms with Gasteiger partial charge in [0.05, 0.1) is 13.7 Å². The third-order valence-electron chi connectivity index (χ3n) is 2.91. The van der Waals surface area contributed by atoms with Crippen LogP contribution in [0.4, 0.5) is 0 Å². The Balaban J connectivity index is 2.89. The van der Waals surface area contributed by atoms with Crippen LogP contribution >= 0.6 is 38.5 Å². The lowest BCUT2D eigenvalue weighted by Crippen LogP contribution is -2.38. The second-order valence-electron chi connectivity index (χ2n) is 4.43. The average Bonchev–Trinajstić information content (AvgIpc) is 2.42. The number of carbonyl (C=O) groups is 1. The molecule has 106 valence electrons. The van der Waals surface area contributed by atoms with Crippen LogP contribution in [0.3, 0.4) is 0 Å². The number of ether oxygens (including phenoxy) is 2. The summed E-state index contributed by atoms with van der Waals surface area (Å²) in [5.41, 5.74) is 0.160. The number of rotatable bonds is 7. The van der Waals surface area contributed by atoms with Crippen molar-refractivity contribution in [2.45, 2.75) is 18.8 Å². The van der Waals surface area contributed by atoms with Crippen molar-refractivity contribution in [3.8, 4) is 0 Å². The van der Waals surface area contributed by atoms with Gasteiger partial charge in [0.25, 0.3) is 0 Å². The third kappa shape index (κ3) is 4.72. The zero-order valence-corrected chi connectivity index (χ0v) is 14.9. The van der Waals surface area contributed by atoms with E-state index in [0.29, 0.717) is 13.2 Å². The fourth-order valence-corrected chi connectivity index (χ4v) is 2.52. The molecule has 0 heterocycles. The van der Waals surface area contributed by atoms with E-state index in [2.05, 4.69) is 38.5 Å². The number of halogens is 2. The van der Waals surface area contributed by atoms with Gasteiger partial charge in [-0.3, -0.25) is 4.79 Å². The van der Waals surface area contributed by atoms with Crippen LogP contribution in [-0.2, 0) is 19.7 Å². The topological polar surface area (TPSA) is 35.5 Å². The number of carbonyl (C=O) groups excluding carboxylic acids is 1. The molecule has 0 radical (unpaired) electrons. The predicted octanol–water partition coefficient (Wildman–Crippen LogP) is 3.52. The molecule has 1 aromatic carbocycles. The quantitative estimate of drug-likeness (QED) is 0.281. The van der Waals surface area contributed by atoms with E-state index in [0.717, 1.165) is 20.9 Å². The zero-order valence-electron chi connectivity index (χ0n) is 11.1. The fourth-order valence-electron chi connectivity index (χ4n) is 1.75. The number of benzene rings is 1. The number of esters is 1. The summed E-state index contributed by atoms with van der Waals surface area (Å²) in [4.78, 5) is 12.1. The van der Waals surface area contributed by atoms with Gasteiger partial charge in [-0.1, -0.05) is 28.1 Å². The van der Waals surface area contributed by atoms with Crippen molar-refractivity contribution in [1.82, 2.24) is 0 Å². The predicted molar refractivity (Wildman–Crippen MR) is 87.8 cm³/mol. The highest BCUT2D eigenvalue weighted by Crippen LogP contribution is 2.27. The van der Waals surface area contributed by atoms with Crippen LogP contribution in [0.2, 0.25) is 0 Å². The Morgan fingerprint density at radius 2 is 2.21 bits per heavy atom. The zero-order chi connectivity index (χ0) is 14.3. The summed E-state index contributed by atoms with van der Waals surface area (Å²) < 4.78 is 11.6. The molecule has 1 atom stereocenters. The van der Waals surface area contributed by atoms with E-state index in [1.807, 2.05) is 31.2 Å². The van der Waals surface area contributed by atoms with Crippen molar-refractivity contribution >= 4 is 44.5 Å². The van der Waals surface area contributed by atoms with Gasteiger partial charge in [0.15, 0.2) is 0 Å². The third-order valence-corrected chi connectivity index (χ3v) is 4.14. The molecule has 0 saturated heterocycles. The highest BCUT2D eigenvalue weighted by Gasteiger charge is 2.37. The minimum Gasteiger partial charge on any atom is -0.468 e. The molecule has 0 aliphatic heterocycles. The molecule has 0 aromatic heterocycles. The second-order valence-corrected chi connectivity index (χ2v) is 6.47. The molecule has 5 heteroatoms. The molecule has 0 spiro atoms. The Labute approximate surface area is 136 Å². The monoisotopic (exact) mass is 440 g/mol. The Kier molecular flexibility index (Phi) is 7.31. The van der Waals surface area contributed by atoms with E-state index in [-0.39, 0.29) is 5.97 Å². The first kappa shape index (κ1) is 16.9. The Hall–Kier alpha value is -0.140. The second kappa shape index (κ2) is 8.21. The van der Waals surface area contributed by atoms with Crippen molar-refractivity contribution in [2.24, 2.45) is 0 Å². The lowest BCUT2D eigenvalue weighted by atomic mass is 9.83. The van der Waals surface area contributed by atoms with Crippen molar-refractivity contribution in [3.05, 3.63) is 33.4 Å². The van der Waals surface area contributed by atoms with Crippen LogP contribution in [0, 0.1) is 3.57 Å². The van der Waals surface area contributed by atoms with Crippen molar-refractivity contribution < 1.29 is 14.3 Å². The van der Waals surface area contributed by atoms with Crippen LogP contribution in [0.5, 0.6) is 0 Å². The minimum atomic E-state index is -0.762. The van der Waals surface area contributed by atoms with Gasteiger partial charge in [0, 0.05) is 15.5 Å². The van der Waals surface area contributed by atoms with E-state index >= 15 is 0 Å². The average molecular weight is 441 g/mol. The van der Waals surface area contributed by atoms with E-state index in [4.69, 9.17) is 9.47 Å². The lowest BCUT2D eigenvalue weighted by molar-refractivity contribution is -0.149. The van der Waals surface area contributed by atoms with Gasteiger partial charge in [-0.25, -0.2) is 0 Å². The van der Waals surface area contributed by atoms with E-state index in [1.165, 1.54) is 7.11 Å². The van der Waals surface area contributed by atoms with E-state index in [9.17, 15) is 4.79 Å². The Morgan fingerprint density at radius 3 is 2.79 bits per heavy atom. The number of alkyl halides is 1. The molecule has 1 aromatic rings. The SMILES string of the molecule is COC(=O)C(C)(COCCCBr)c1cccc(I)c1. The first-order valence-corrected chi connectivity index (χ1v) is 8.23. The smallest absolute Gasteiger partial charge is 0.318 e. The number of methoxy groups -OCH3 is 1. The molecule has 0 bridgehead atoms. The molecule has 0 amide bonds. The summed E-state index contributed by atoms with van der Waals surface area (Å²) in [6.45, 7) is 2.81. The lowest BCUT2D eigenvalue weighted by Gasteiger charge is -2.27. The van der Waals surface area contributed by atoms with Crippen LogP contribution in [-0.4, -0.2) is 31.6 Å². The molecule has 0 fully saturated rings. The first-order valence-electron chi connectivity index (χ1n) is 6.03. The van der Waals surface area contributed by atoms with Gasteiger partial charge in [-0.05, 0) is 53.6 Å². The van der Waals surface area contributed by atoms with Crippen LogP contribution in [0.15, 0.2) is 24.3 Å². The van der Waals surface area contributed by atoms with Gasteiger partial charge >= 0.3 is 5.97 Å². The molecule has 0 N–H and O–H groups in total. The first-order chi connectivity index (χ1) is 9.04. The maximum Gasteiger partial charge on any atom is 0.318 e. The molecular weight excluding hydrogens is 423 g/mol. The van der Waals surface area contributed by atoms with Gasteiger partial charge in [0.2, 0.25) is 0 Å². The fraction of sp³-hybridized carbons (Fsp3) is 0.500. The molecule has 0 aliphatic rings. The largest absolute Gasteiger partial charge is 0.468 e. The van der Waals surface area contributed by atoms with E-state index in [1.54, 1.807) is 0 Å². The van der Waals surface area contributed by atoms with E-state index < -0.39 is 5.41 Å². The molecule has 19 heavy (non-hydrogen) atoms. The van der Waals surface area contributed by atoms with Gasteiger partial charge in [-0.2, -0.15) is 0 Å². The van der Waals surface area contributed by atoms with Crippen LogP contribution in [0.1, 0.15) is 18.9 Å². The highest BCUT2D eigenvalue weighted by atomic mass is 127. The summed E-state index contributed by atoms with van der Waals surface area (Å²) >= 11 is 5.59. The normalized spacial score (nSPS) is 13.9. The van der Waals surface area contributed by atoms with Crippen LogP contribution in [0.25, 0.3) is 0 Å². The van der Waals surface area contributed by atoms with Crippen LogP contribution < -0.4 is 0 Å². The van der Waals surface area contributed by atoms with Crippen molar-refractivity contribution in [1.29, 1.82) is 0 Å². The van der Waals surface area contributed by atoms with Gasteiger partial charge in [-0.15, -0.1) is 0 Å². The standard InChI is InChI=1S/C14H18BrIO3/c1-14(13(17)18-2,10-19-8-4-7-15)11-5-3-6-12(16)9-11/h3,5-6,9H,4,7-8,10H2,1-2H3. The maximum absolute atomic E-state index is 12.1. The molecule has 0 saturated carbocycles. The Morgan fingerprint density at radius 1 is 1.47 bits per heavy atom. The summed E-state index contributed by atoms with van der Waals surface area (Å²) in [6, 6.07) is 7.86. The summed E-state index contributed by atoms with van der Waals surface area (Å²) in [6.07, 6.45) is 0.920. The molecule has 3 nitrogen and oxygen atoms in total. The molecular formula is C14H18BrIO3. The van der Waals surface area contributed by atoms with Crippen molar-refractivity contribution in [3.63, 3.8) is 0 Å². The summed E-state index contributed by atoms with van der Waals surface area (Å²) in [5.74, 6) is -0.270. The maximum atomic E-state index is 12.1. The summed E-state index contributed by atoms with van der Waals surface area (Å²) in [7, 11) is 1.41. The highest BCUT2D eigenvalue weighted by molar-refractivity contribution is 14.1. The van der Waals surface area contributed by atoms with Gasteiger partial charge in [0.1, 0.15) is 5.41 Å².